The number of rotatable bonds is 3. The Hall–Kier alpha value is -3.07. The number of alkyl halides is 1. The average molecular weight is 439 g/mol. The van der Waals surface area contributed by atoms with Crippen LogP contribution < -0.4 is 15.6 Å². The molecule has 4 heterocycles. The van der Waals surface area contributed by atoms with E-state index in [1.807, 2.05) is 6.92 Å². The number of aromatic nitrogens is 4. The third-order valence-electron chi connectivity index (χ3n) is 6.82. The summed E-state index contributed by atoms with van der Waals surface area (Å²) in [6, 6.07) is 6.24. The summed E-state index contributed by atoms with van der Waals surface area (Å²) < 4.78 is 22.6. The first kappa shape index (κ1) is 20.8. The lowest BCUT2D eigenvalue weighted by Gasteiger charge is -2.54. The van der Waals surface area contributed by atoms with E-state index in [1.165, 1.54) is 17.0 Å². The van der Waals surface area contributed by atoms with Crippen LogP contribution in [-0.4, -0.2) is 48.2 Å². The zero-order chi connectivity index (χ0) is 22.7. The van der Waals surface area contributed by atoms with Gasteiger partial charge in [0.05, 0.1) is 28.5 Å². The summed E-state index contributed by atoms with van der Waals surface area (Å²) in [6.45, 7) is 4.03. The first-order chi connectivity index (χ1) is 15.2. The van der Waals surface area contributed by atoms with Crippen LogP contribution in [0.2, 0.25) is 0 Å². The number of fused-ring (bicyclic) bond motifs is 3. The van der Waals surface area contributed by atoms with Crippen molar-refractivity contribution >= 4 is 10.9 Å². The summed E-state index contributed by atoms with van der Waals surface area (Å²) in [7, 11) is 1.61. The number of benzene rings is 1. The highest BCUT2D eigenvalue weighted by molar-refractivity contribution is 5.86. The molecule has 0 radical (unpaired) electrons. The Morgan fingerprint density at radius 1 is 1.25 bits per heavy atom. The molecule has 2 aromatic heterocycles. The number of piperidine rings is 2. The number of phenols is 1. The largest absolute Gasteiger partial charge is 0.507 e. The second-order valence-corrected chi connectivity index (χ2v) is 9.52. The van der Waals surface area contributed by atoms with Crippen LogP contribution in [0, 0.1) is 0 Å². The molecule has 2 N–H and O–H groups in total. The zero-order valence-corrected chi connectivity index (χ0v) is 18.3. The molecule has 32 heavy (non-hydrogen) atoms. The van der Waals surface area contributed by atoms with E-state index in [2.05, 4.69) is 27.4 Å². The highest BCUT2D eigenvalue weighted by Crippen LogP contribution is 2.42. The standard InChI is InChI=1S/C23H26FN5O3/c1-22-7-4-8-23(2,28-22)20(24)18(11-22)32-19-6-5-15(26-27-19)13-9-14-16(10-17(13)30)25-12-29(3)21(14)31/h5-6,9-10,12,18,20,28,30H,4,7-8,11H2,1-3H3/t18-,20-,22-,23+/m1/s1. The van der Waals surface area contributed by atoms with Crippen molar-refractivity contribution in [2.24, 2.45) is 7.05 Å². The van der Waals surface area contributed by atoms with Crippen LogP contribution in [0.5, 0.6) is 11.6 Å². The molecule has 3 aromatic rings. The van der Waals surface area contributed by atoms with Crippen LogP contribution in [-0.2, 0) is 7.05 Å². The van der Waals surface area contributed by atoms with Crippen molar-refractivity contribution in [3.63, 3.8) is 0 Å². The fraction of sp³-hybridized carbons (Fsp3) is 0.478. The number of hydrogen-bond donors (Lipinski definition) is 2. The monoisotopic (exact) mass is 439 g/mol. The second kappa shape index (κ2) is 7.23. The Kier molecular flexibility index (Phi) is 4.70. The first-order valence-corrected chi connectivity index (χ1v) is 10.8. The average Bonchev–Trinajstić information content (AvgIpc) is 2.75. The highest BCUT2D eigenvalue weighted by atomic mass is 19.1. The SMILES string of the molecule is Cn1cnc2cc(O)c(-c3ccc(O[C@@H]4C[C@@]5(C)CCC[C@](C)(N5)[C@@H]4F)nn3)cc2c1=O. The topological polar surface area (TPSA) is 102 Å². The smallest absolute Gasteiger partial charge is 0.260 e. The molecule has 2 fully saturated rings. The number of aryl methyl sites for hydroxylation is 1. The number of halogens is 1. The molecule has 2 aliphatic heterocycles. The molecule has 4 atom stereocenters. The molecule has 168 valence electrons. The third kappa shape index (κ3) is 3.40. The normalized spacial score (nSPS) is 29.8. The van der Waals surface area contributed by atoms with Crippen LogP contribution in [0.4, 0.5) is 4.39 Å². The minimum atomic E-state index is -1.16. The van der Waals surface area contributed by atoms with E-state index < -0.39 is 17.8 Å². The molecule has 2 aliphatic rings. The van der Waals surface area contributed by atoms with Gasteiger partial charge < -0.3 is 19.7 Å². The van der Waals surface area contributed by atoms with E-state index in [0.29, 0.717) is 28.6 Å². The molecular formula is C23H26FN5O3. The van der Waals surface area contributed by atoms with Crippen molar-refractivity contribution in [3.8, 4) is 22.9 Å². The number of nitrogens with zero attached hydrogens (tertiary/aromatic N) is 4. The van der Waals surface area contributed by atoms with E-state index >= 15 is 4.39 Å². The summed E-state index contributed by atoms with van der Waals surface area (Å²) in [5.74, 6) is 0.170. The summed E-state index contributed by atoms with van der Waals surface area (Å²) in [5.41, 5.74) is 0.138. The van der Waals surface area contributed by atoms with Crippen molar-refractivity contribution in [1.29, 1.82) is 0 Å². The van der Waals surface area contributed by atoms with Crippen LogP contribution in [0.3, 0.4) is 0 Å². The number of phenolic OH excluding ortho intramolecular Hbond substituents is 1. The van der Waals surface area contributed by atoms with Crippen molar-refractivity contribution in [2.45, 2.75) is 62.9 Å². The Bertz CT molecular complexity index is 1250. The number of aromatic hydroxyl groups is 1. The number of hydrogen-bond acceptors (Lipinski definition) is 7. The van der Waals surface area contributed by atoms with Crippen LogP contribution in [0.1, 0.15) is 39.5 Å². The summed E-state index contributed by atoms with van der Waals surface area (Å²) in [5, 5.41) is 22.6. The molecular weight excluding hydrogens is 413 g/mol. The van der Waals surface area contributed by atoms with Crippen molar-refractivity contribution < 1.29 is 14.2 Å². The molecule has 2 bridgehead atoms. The van der Waals surface area contributed by atoms with Crippen LogP contribution in [0.25, 0.3) is 22.2 Å². The Labute approximate surface area is 184 Å². The maximum Gasteiger partial charge on any atom is 0.260 e. The van der Waals surface area contributed by atoms with Crippen molar-refractivity contribution in [1.82, 2.24) is 25.1 Å². The zero-order valence-electron chi connectivity index (χ0n) is 18.3. The highest BCUT2D eigenvalue weighted by Gasteiger charge is 2.53. The van der Waals surface area contributed by atoms with Crippen molar-refractivity contribution in [3.05, 3.63) is 40.9 Å². The van der Waals surface area contributed by atoms with Crippen LogP contribution in [0.15, 0.2) is 35.4 Å². The minimum absolute atomic E-state index is 0.0583. The van der Waals surface area contributed by atoms with Gasteiger partial charge in [0, 0.05) is 36.7 Å². The molecule has 0 amide bonds. The fourth-order valence-corrected chi connectivity index (χ4v) is 5.21. The lowest BCUT2D eigenvalue weighted by molar-refractivity contribution is -0.0626. The van der Waals surface area contributed by atoms with Gasteiger partial charge in [0.15, 0.2) is 6.17 Å². The molecule has 8 nitrogen and oxygen atoms in total. The molecule has 0 spiro atoms. The Morgan fingerprint density at radius 3 is 2.81 bits per heavy atom. The molecule has 0 saturated carbocycles. The lowest BCUT2D eigenvalue weighted by atomic mass is 9.69. The molecule has 5 rings (SSSR count). The summed E-state index contributed by atoms with van der Waals surface area (Å²) >= 11 is 0. The van der Waals surface area contributed by atoms with Gasteiger partial charge in [-0.05, 0) is 45.2 Å². The molecule has 9 heteroatoms. The second-order valence-electron chi connectivity index (χ2n) is 9.52. The predicted octanol–water partition coefficient (Wildman–Crippen LogP) is 2.88. The van der Waals surface area contributed by atoms with Gasteiger partial charge in [0.1, 0.15) is 11.9 Å². The number of ether oxygens (including phenoxy) is 1. The van der Waals surface area contributed by atoms with Crippen molar-refractivity contribution in [2.75, 3.05) is 0 Å². The summed E-state index contributed by atoms with van der Waals surface area (Å²) in [4.78, 5) is 16.6. The van der Waals surface area contributed by atoms with E-state index in [0.717, 1.165) is 19.3 Å². The van der Waals surface area contributed by atoms with Gasteiger partial charge in [0.2, 0.25) is 5.88 Å². The van der Waals surface area contributed by atoms with Gasteiger partial charge in [-0.1, -0.05) is 0 Å². The third-order valence-corrected chi connectivity index (χ3v) is 6.82. The molecule has 0 aliphatic carbocycles. The van der Waals surface area contributed by atoms with Gasteiger partial charge in [-0.15, -0.1) is 10.2 Å². The first-order valence-electron chi connectivity index (χ1n) is 10.8. The summed E-state index contributed by atoms with van der Waals surface area (Å²) in [6.07, 6.45) is 2.92. The van der Waals surface area contributed by atoms with Gasteiger partial charge in [0.25, 0.3) is 5.56 Å². The van der Waals surface area contributed by atoms with E-state index in [4.69, 9.17) is 4.74 Å². The minimum Gasteiger partial charge on any atom is -0.507 e. The fourth-order valence-electron chi connectivity index (χ4n) is 5.21. The van der Waals surface area contributed by atoms with Gasteiger partial charge in [-0.25, -0.2) is 9.37 Å². The Balaban J connectivity index is 1.42. The quantitative estimate of drug-likeness (QED) is 0.647. The van der Waals surface area contributed by atoms with Gasteiger partial charge in [-0.2, -0.15) is 0 Å². The number of nitrogens with one attached hydrogen (secondary N) is 1. The van der Waals surface area contributed by atoms with E-state index in [1.54, 1.807) is 25.2 Å². The van der Waals surface area contributed by atoms with E-state index in [-0.39, 0.29) is 22.7 Å². The molecule has 0 unspecified atom stereocenters. The lowest BCUT2D eigenvalue weighted by Crippen LogP contribution is -2.71. The van der Waals surface area contributed by atoms with Gasteiger partial charge >= 0.3 is 0 Å². The predicted molar refractivity (Wildman–Crippen MR) is 117 cm³/mol. The van der Waals surface area contributed by atoms with Gasteiger partial charge in [-0.3, -0.25) is 4.79 Å². The van der Waals surface area contributed by atoms with Crippen LogP contribution >= 0.6 is 0 Å². The molecule has 2 saturated heterocycles. The maximum atomic E-state index is 15.3. The van der Waals surface area contributed by atoms with E-state index in [9.17, 15) is 9.90 Å². The molecule has 1 aromatic carbocycles. The Morgan fingerprint density at radius 2 is 2.06 bits per heavy atom. The maximum absolute atomic E-state index is 15.3.